The predicted molar refractivity (Wildman–Crippen MR) is 116 cm³/mol. The van der Waals surface area contributed by atoms with Crippen LogP contribution in [-0.4, -0.2) is 40.9 Å². The summed E-state index contributed by atoms with van der Waals surface area (Å²) >= 11 is 0. The zero-order valence-corrected chi connectivity index (χ0v) is 18.6. The molecule has 2 aliphatic rings. The van der Waals surface area contributed by atoms with Crippen molar-refractivity contribution < 1.29 is 13.2 Å². The monoisotopic (exact) mass is 428 g/mol. The van der Waals surface area contributed by atoms with Crippen molar-refractivity contribution in [2.24, 2.45) is 0 Å². The van der Waals surface area contributed by atoms with Gasteiger partial charge in [-0.2, -0.15) is 4.31 Å². The van der Waals surface area contributed by atoms with Crippen LogP contribution in [0.3, 0.4) is 0 Å². The van der Waals surface area contributed by atoms with E-state index in [4.69, 9.17) is 4.98 Å². The smallest absolute Gasteiger partial charge is 0.228 e. The highest BCUT2D eigenvalue weighted by molar-refractivity contribution is 7.89. The van der Waals surface area contributed by atoms with Crippen LogP contribution in [-0.2, 0) is 27.8 Å². The van der Waals surface area contributed by atoms with Crippen LogP contribution >= 0.6 is 0 Å². The van der Waals surface area contributed by atoms with Gasteiger partial charge in [-0.3, -0.25) is 9.69 Å². The van der Waals surface area contributed by atoms with Crippen LogP contribution in [0.5, 0.6) is 0 Å². The zero-order valence-electron chi connectivity index (χ0n) is 17.8. The number of aryl methyl sites for hydroxylation is 2. The van der Waals surface area contributed by atoms with Gasteiger partial charge in [0, 0.05) is 24.2 Å². The molecule has 7 nitrogen and oxygen atoms in total. The van der Waals surface area contributed by atoms with Crippen LogP contribution in [0.25, 0.3) is 0 Å². The standard InChI is InChI=1S/C22H28N4O3S/c1-4-30(28,29)26-13-5-6-19(26)21-23-16(3)18-11-12-20(27)25(22(18)24-21)14-17-9-7-15(2)8-10-17/h7-10,19H,4-6,11-14H2,1-3H3. The van der Waals surface area contributed by atoms with E-state index in [0.717, 1.165) is 23.2 Å². The van der Waals surface area contributed by atoms with Gasteiger partial charge in [-0.15, -0.1) is 0 Å². The number of fused-ring (bicyclic) bond motifs is 1. The summed E-state index contributed by atoms with van der Waals surface area (Å²) in [4.78, 5) is 24.0. The van der Waals surface area contributed by atoms with Gasteiger partial charge in [-0.05, 0) is 45.6 Å². The second kappa shape index (κ2) is 8.07. The van der Waals surface area contributed by atoms with E-state index in [9.17, 15) is 13.2 Å². The number of sulfonamides is 1. The maximum Gasteiger partial charge on any atom is 0.228 e. The highest BCUT2D eigenvalue weighted by atomic mass is 32.2. The van der Waals surface area contributed by atoms with Gasteiger partial charge in [0.05, 0.1) is 18.3 Å². The normalized spacial score (nSPS) is 19.9. The largest absolute Gasteiger partial charge is 0.292 e. The van der Waals surface area contributed by atoms with E-state index in [1.165, 1.54) is 9.87 Å². The van der Waals surface area contributed by atoms with Gasteiger partial charge in [-0.25, -0.2) is 18.4 Å². The molecular weight excluding hydrogens is 400 g/mol. The lowest BCUT2D eigenvalue weighted by Crippen LogP contribution is -2.37. The lowest BCUT2D eigenvalue weighted by atomic mass is 10.0. The molecular formula is C22H28N4O3S. The molecule has 160 valence electrons. The first-order chi connectivity index (χ1) is 14.3. The predicted octanol–water partition coefficient (Wildman–Crippen LogP) is 3.06. The average molecular weight is 429 g/mol. The minimum atomic E-state index is -3.33. The van der Waals surface area contributed by atoms with Crippen LogP contribution in [0.15, 0.2) is 24.3 Å². The number of nitrogens with zero attached hydrogens (tertiary/aromatic N) is 4. The number of hydrogen-bond acceptors (Lipinski definition) is 5. The van der Waals surface area contributed by atoms with Gasteiger partial charge in [0.15, 0.2) is 0 Å². The van der Waals surface area contributed by atoms with Crippen molar-refractivity contribution in [1.82, 2.24) is 14.3 Å². The summed E-state index contributed by atoms with van der Waals surface area (Å²) in [6.07, 6.45) is 2.53. The van der Waals surface area contributed by atoms with E-state index in [1.54, 1.807) is 11.8 Å². The highest BCUT2D eigenvalue weighted by Crippen LogP contribution is 2.36. The van der Waals surface area contributed by atoms with Gasteiger partial charge < -0.3 is 0 Å². The lowest BCUT2D eigenvalue weighted by molar-refractivity contribution is -0.119. The molecule has 2 aromatic rings. The molecule has 0 radical (unpaired) electrons. The Morgan fingerprint density at radius 2 is 1.83 bits per heavy atom. The highest BCUT2D eigenvalue weighted by Gasteiger charge is 2.37. The molecule has 2 aliphatic heterocycles. The van der Waals surface area contributed by atoms with Crippen molar-refractivity contribution in [1.29, 1.82) is 0 Å². The summed E-state index contributed by atoms with van der Waals surface area (Å²) in [5, 5.41) is 0. The fourth-order valence-electron chi connectivity index (χ4n) is 4.29. The Bertz CT molecular complexity index is 1070. The van der Waals surface area contributed by atoms with Crippen LogP contribution in [0, 0.1) is 13.8 Å². The summed E-state index contributed by atoms with van der Waals surface area (Å²) in [7, 11) is -3.33. The van der Waals surface area contributed by atoms with E-state index in [-0.39, 0.29) is 17.7 Å². The molecule has 1 unspecified atom stereocenters. The minimum absolute atomic E-state index is 0.0385. The molecule has 1 fully saturated rings. The first-order valence-electron chi connectivity index (χ1n) is 10.5. The molecule has 4 rings (SSSR count). The number of rotatable bonds is 5. The van der Waals surface area contributed by atoms with Gasteiger partial charge in [0.25, 0.3) is 0 Å². The fraction of sp³-hybridized carbons (Fsp3) is 0.500. The Morgan fingerprint density at radius 1 is 1.10 bits per heavy atom. The number of hydrogen-bond donors (Lipinski definition) is 0. The summed E-state index contributed by atoms with van der Waals surface area (Å²) in [5.41, 5.74) is 4.02. The molecule has 0 saturated carbocycles. The number of amides is 1. The van der Waals surface area contributed by atoms with Crippen molar-refractivity contribution in [2.45, 2.75) is 59.0 Å². The second-order valence-corrected chi connectivity index (χ2v) is 10.3. The maximum atomic E-state index is 12.8. The van der Waals surface area contributed by atoms with E-state index < -0.39 is 10.0 Å². The number of carbonyl (C=O) groups is 1. The number of aromatic nitrogens is 2. The Balaban J connectivity index is 1.73. The molecule has 1 amide bonds. The third-order valence-corrected chi connectivity index (χ3v) is 7.92. The SMILES string of the molecule is CCS(=O)(=O)N1CCCC1c1nc(C)c2c(n1)N(Cc1ccc(C)cc1)C(=O)CC2. The van der Waals surface area contributed by atoms with E-state index in [2.05, 4.69) is 4.98 Å². The molecule has 1 aromatic heterocycles. The van der Waals surface area contributed by atoms with Crippen molar-refractivity contribution >= 4 is 21.7 Å². The van der Waals surface area contributed by atoms with Gasteiger partial charge in [0.2, 0.25) is 15.9 Å². The second-order valence-electron chi connectivity index (χ2n) is 8.10. The molecule has 0 N–H and O–H groups in total. The van der Waals surface area contributed by atoms with Crippen LogP contribution < -0.4 is 4.90 Å². The summed E-state index contributed by atoms with van der Waals surface area (Å²) in [6, 6.07) is 7.76. The van der Waals surface area contributed by atoms with Crippen LogP contribution in [0.2, 0.25) is 0 Å². The van der Waals surface area contributed by atoms with Gasteiger partial charge in [-0.1, -0.05) is 29.8 Å². The number of benzene rings is 1. The first kappa shape index (κ1) is 20.9. The Kier molecular flexibility index (Phi) is 5.63. The molecule has 1 saturated heterocycles. The summed E-state index contributed by atoms with van der Waals surface area (Å²) in [6.45, 7) is 6.56. The number of anilines is 1. The molecule has 1 atom stereocenters. The topological polar surface area (TPSA) is 83.5 Å². The maximum absolute atomic E-state index is 12.8. The van der Waals surface area contributed by atoms with E-state index >= 15 is 0 Å². The van der Waals surface area contributed by atoms with Gasteiger partial charge in [0.1, 0.15) is 11.6 Å². The van der Waals surface area contributed by atoms with Crippen molar-refractivity contribution in [3.8, 4) is 0 Å². The average Bonchev–Trinajstić information content (AvgIpc) is 3.22. The van der Waals surface area contributed by atoms with Gasteiger partial charge >= 0.3 is 0 Å². The third kappa shape index (κ3) is 3.86. The Morgan fingerprint density at radius 3 is 2.53 bits per heavy atom. The van der Waals surface area contributed by atoms with Crippen LogP contribution in [0.4, 0.5) is 5.82 Å². The molecule has 8 heteroatoms. The first-order valence-corrected chi connectivity index (χ1v) is 12.1. The Labute approximate surface area is 178 Å². The fourth-order valence-corrected chi connectivity index (χ4v) is 5.61. The molecule has 0 spiro atoms. The summed E-state index contributed by atoms with van der Waals surface area (Å²) in [5.74, 6) is 1.24. The quantitative estimate of drug-likeness (QED) is 0.731. The zero-order chi connectivity index (χ0) is 21.5. The van der Waals surface area contributed by atoms with Crippen molar-refractivity contribution in [3.05, 3.63) is 52.5 Å². The molecule has 0 aliphatic carbocycles. The molecule has 1 aromatic carbocycles. The third-order valence-electron chi connectivity index (χ3n) is 6.04. The molecule has 0 bridgehead atoms. The Hall–Kier alpha value is -2.32. The summed E-state index contributed by atoms with van der Waals surface area (Å²) < 4.78 is 26.6. The van der Waals surface area contributed by atoms with Crippen molar-refractivity contribution in [2.75, 3.05) is 17.2 Å². The molecule has 3 heterocycles. The number of carbonyl (C=O) groups excluding carboxylic acids is 1. The van der Waals surface area contributed by atoms with E-state index in [1.807, 2.05) is 38.1 Å². The molecule has 30 heavy (non-hydrogen) atoms. The van der Waals surface area contributed by atoms with Crippen molar-refractivity contribution in [3.63, 3.8) is 0 Å². The minimum Gasteiger partial charge on any atom is -0.292 e. The van der Waals surface area contributed by atoms with Crippen LogP contribution in [0.1, 0.15) is 60.4 Å². The van der Waals surface area contributed by atoms with E-state index in [0.29, 0.717) is 44.0 Å². The lowest BCUT2D eigenvalue weighted by Gasteiger charge is -2.31.